The summed E-state index contributed by atoms with van der Waals surface area (Å²) < 4.78 is 7.78. The number of fused-ring (bicyclic) bond motifs is 1. The Balaban J connectivity index is 1.57. The molecule has 8 heteroatoms. The predicted octanol–water partition coefficient (Wildman–Crippen LogP) is 5.73. The molecule has 1 heterocycles. The van der Waals surface area contributed by atoms with Crippen LogP contribution in [0.25, 0.3) is 0 Å². The Labute approximate surface area is 230 Å². The van der Waals surface area contributed by atoms with E-state index in [2.05, 4.69) is 43.9 Å². The molecule has 0 aromatic heterocycles. The van der Waals surface area contributed by atoms with Gasteiger partial charge in [0.1, 0.15) is 12.6 Å². The fourth-order valence-electron chi connectivity index (χ4n) is 4.24. The van der Waals surface area contributed by atoms with Crippen LogP contribution in [0.1, 0.15) is 38.2 Å². The molecule has 4 rings (SSSR count). The SMILES string of the molecule is Cc1cc2c(c(Cl)c1C(=O)N[C@@H](Cc1cccc(S)c1)C(=O)OCc1ccccc1)CCN(I)C2. The number of carbonyl (C=O) groups excluding carboxylic acids is 2. The van der Waals surface area contributed by atoms with Crippen LogP contribution < -0.4 is 5.32 Å². The molecule has 0 spiro atoms. The Hall–Kier alpha value is -2.07. The molecule has 1 N–H and O–H groups in total. The fourth-order valence-corrected chi connectivity index (χ4v) is 5.56. The molecule has 35 heavy (non-hydrogen) atoms. The summed E-state index contributed by atoms with van der Waals surface area (Å²) in [5.41, 5.74) is 5.08. The van der Waals surface area contributed by atoms with E-state index >= 15 is 0 Å². The van der Waals surface area contributed by atoms with Gasteiger partial charge in [0.15, 0.2) is 0 Å². The maximum atomic E-state index is 13.5. The first-order valence-electron chi connectivity index (χ1n) is 11.3. The van der Waals surface area contributed by atoms with E-state index in [0.29, 0.717) is 10.6 Å². The number of amides is 1. The van der Waals surface area contributed by atoms with E-state index < -0.39 is 12.0 Å². The first kappa shape index (κ1) is 26.0. The first-order valence-corrected chi connectivity index (χ1v) is 13.1. The number of carbonyl (C=O) groups is 2. The number of ether oxygens (including phenoxy) is 1. The van der Waals surface area contributed by atoms with E-state index in [0.717, 1.165) is 52.2 Å². The number of thiol groups is 1. The van der Waals surface area contributed by atoms with Crippen LogP contribution in [0.5, 0.6) is 0 Å². The zero-order valence-electron chi connectivity index (χ0n) is 19.3. The van der Waals surface area contributed by atoms with Crippen molar-refractivity contribution in [3.63, 3.8) is 0 Å². The molecule has 1 aliphatic rings. The van der Waals surface area contributed by atoms with Crippen molar-refractivity contribution in [2.24, 2.45) is 0 Å². The highest BCUT2D eigenvalue weighted by atomic mass is 127. The lowest BCUT2D eigenvalue weighted by Crippen LogP contribution is -2.43. The average molecular weight is 621 g/mol. The minimum Gasteiger partial charge on any atom is -0.459 e. The molecule has 0 fully saturated rings. The van der Waals surface area contributed by atoms with Crippen LogP contribution in [0.4, 0.5) is 0 Å². The molecular weight excluding hydrogens is 595 g/mol. The van der Waals surface area contributed by atoms with E-state index in [-0.39, 0.29) is 18.9 Å². The van der Waals surface area contributed by atoms with E-state index in [1.807, 2.05) is 67.6 Å². The molecule has 0 saturated heterocycles. The molecule has 5 nitrogen and oxygen atoms in total. The zero-order valence-corrected chi connectivity index (χ0v) is 23.1. The molecule has 3 aromatic carbocycles. The summed E-state index contributed by atoms with van der Waals surface area (Å²) in [6, 6.07) is 18.1. The lowest BCUT2D eigenvalue weighted by molar-refractivity contribution is -0.147. The molecular formula is C27H26ClIN2O3S. The number of nitrogens with one attached hydrogen (secondary N) is 1. The highest BCUT2D eigenvalue weighted by Gasteiger charge is 2.28. The van der Waals surface area contributed by atoms with Crippen molar-refractivity contribution < 1.29 is 14.3 Å². The number of nitrogens with zero attached hydrogens (tertiary/aromatic N) is 1. The zero-order chi connectivity index (χ0) is 24.9. The number of esters is 1. The van der Waals surface area contributed by atoms with Crippen LogP contribution in [0.2, 0.25) is 5.02 Å². The van der Waals surface area contributed by atoms with Gasteiger partial charge in [-0.15, -0.1) is 12.6 Å². The van der Waals surface area contributed by atoms with Gasteiger partial charge in [0.05, 0.1) is 10.6 Å². The number of hydrogen-bond acceptors (Lipinski definition) is 5. The van der Waals surface area contributed by atoms with Crippen LogP contribution in [0.3, 0.4) is 0 Å². The van der Waals surface area contributed by atoms with Crippen molar-refractivity contribution in [3.8, 4) is 0 Å². The van der Waals surface area contributed by atoms with Gasteiger partial charge < -0.3 is 10.1 Å². The molecule has 0 aliphatic carbocycles. The van der Waals surface area contributed by atoms with Crippen LogP contribution >= 0.6 is 47.1 Å². The van der Waals surface area contributed by atoms with Crippen molar-refractivity contribution in [2.75, 3.05) is 6.54 Å². The van der Waals surface area contributed by atoms with Crippen molar-refractivity contribution in [3.05, 3.63) is 99.1 Å². The van der Waals surface area contributed by atoms with E-state index in [9.17, 15) is 9.59 Å². The van der Waals surface area contributed by atoms with Gasteiger partial charge in [-0.05, 0) is 53.3 Å². The van der Waals surface area contributed by atoms with Crippen LogP contribution in [0, 0.1) is 6.92 Å². The Morgan fingerprint density at radius 1 is 1.14 bits per heavy atom. The lowest BCUT2D eigenvalue weighted by Gasteiger charge is -2.26. The highest BCUT2D eigenvalue weighted by Crippen LogP contribution is 2.33. The maximum absolute atomic E-state index is 13.5. The molecule has 0 bridgehead atoms. The number of aryl methyl sites for hydroxylation is 1. The topological polar surface area (TPSA) is 58.6 Å². The van der Waals surface area contributed by atoms with Gasteiger partial charge in [0.2, 0.25) is 0 Å². The molecule has 0 saturated carbocycles. The lowest BCUT2D eigenvalue weighted by atomic mass is 9.94. The Morgan fingerprint density at radius 2 is 1.89 bits per heavy atom. The number of hydrogen-bond donors (Lipinski definition) is 2. The van der Waals surface area contributed by atoms with Gasteiger partial charge in [-0.3, -0.25) is 4.79 Å². The fraction of sp³-hybridized carbons (Fsp3) is 0.259. The maximum Gasteiger partial charge on any atom is 0.329 e. The normalized spacial score (nSPS) is 14.2. The van der Waals surface area contributed by atoms with Crippen LogP contribution in [-0.4, -0.2) is 27.6 Å². The molecule has 3 aromatic rings. The standard InChI is InChI=1S/C27H26ClIN2O3S/c1-17-12-20-15-31(29)11-10-22(20)25(28)24(17)26(32)30-23(14-19-8-5-9-21(35)13-19)27(33)34-16-18-6-3-2-4-7-18/h2-9,12-13,23,35H,10-11,14-16H2,1H3,(H,30,32)/t23-/m0/s1. The number of rotatable bonds is 7. The third-order valence-corrected chi connectivity index (χ3v) is 7.51. The van der Waals surface area contributed by atoms with Crippen molar-refractivity contribution in [2.45, 2.75) is 43.9 Å². The van der Waals surface area contributed by atoms with Crippen molar-refractivity contribution in [1.82, 2.24) is 8.43 Å². The molecule has 1 atom stereocenters. The summed E-state index contributed by atoms with van der Waals surface area (Å²) in [6.45, 7) is 3.66. The van der Waals surface area contributed by atoms with Gasteiger partial charge in [-0.2, -0.15) is 0 Å². The summed E-state index contributed by atoms with van der Waals surface area (Å²) in [5, 5.41) is 3.37. The second-order valence-electron chi connectivity index (χ2n) is 8.61. The van der Waals surface area contributed by atoms with Gasteiger partial charge >= 0.3 is 5.97 Å². The van der Waals surface area contributed by atoms with Gasteiger partial charge in [-0.1, -0.05) is 60.1 Å². The molecule has 1 amide bonds. The summed E-state index contributed by atoms with van der Waals surface area (Å²) >= 11 is 13.5. The molecule has 0 radical (unpaired) electrons. The van der Waals surface area contributed by atoms with Crippen molar-refractivity contribution >= 4 is 59.0 Å². The third-order valence-electron chi connectivity index (χ3n) is 5.99. The minimum absolute atomic E-state index is 0.129. The average Bonchev–Trinajstić information content (AvgIpc) is 2.82. The summed E-state index contributed by atoms with van der Waals surface area (Å²) in [5.74, 6) is -0.880. The minimum atomic E-state index is -0.877. The van der Waals surface area contributed by atoms with E-state index in [1.165, 1.54) is 0 Å². The summed E-state index contributed by atoms with van der Waals surface area (Å²) in [4.78, 5) is 27.3. The molecule has 0 unspecified atom stereocenters. The van der Waals surface area contributed by atoms with Crippen LogP contribution in [0.15, 0.2) is 65.6 Å². The number of benzene rings is 3. The summed E-state index contributed by atoms with van der Waals surface area (Å²) in [6.07, 6.45) is 1.05. The first-order chi connectivity index (χ1) is 16.8. The van der Waals surface area contributed by atoms with Crippen molar-refractivity contribution in [1.29, 1.82) is 0 Å². The second kappa shape index (κ2) is 11.8. The molecule has 182 valence electrons. The van der Waals surface area contributed by atoms with Gasteiger partial charge in [-0.25, -0.2) is 7.91 Å². The predicted molar refractivity (Wildman–Crippen MR) is 149 cm³/mol. The van der Waals surface area contributed by atoms with Gasteiger partial charge in [0, 0.05) is 47.3 Å². The molecule has 1 aliphatic heterocycles. The quantitative estimate of drug-likeness (QED) is 0.153. The monoisotopic (exact) mass is 620 g/mol. The largest absolute Gasteiger partial charge is 0.459 e. The third kappa shape index (κ3) is 6.58. The second-order valence-corrected chi connectivity index (χ2v) is 10.9. The van der Waals surface area contributed by atoms with E-state index in [1.54, 1.807) is 0 Å². The summed E-state index contributed by atoms with van der Waals surface area (Å²) in [7, 11) is 0. The smallest absolute Gasteiger partial charge is 0.329 e. The Morgan fingerprint density at radius 3 is 2.63 bits per heavy atom. The Kier molecular flexibility index (Phi) is 8.75. The Bertz CT molecular complexity index is 1240. The van der Waals surface area contributed by atoms with E-state index in [4.69, 9.17) is 16.3 Å². The van der Waals surface area contributed by atoms with Gasteiger partial charge in [0.25, 0.3) is 5.91 Å². The van der Waals surface area contributed by atoms with Crippen LogP contribution in [-0.2, 0) is 35.5 Å². The number of halogens is 2. The highest BCUT2D eigenvalue weighted by molar-refractivity contribution is 14.1.